The molecule has 4 nitrogen and oxygen atoms in total. The van der Waals surface area contributed by atoms with Crippen molar-refractivity contribution in [3.8, 4) is 10.4 Å². The minimum atomic E-state index is 0.606. The lowest BCUT2D eigenvalue weighted by Crippen LogP contribution is -2.02. The van der Waals surface area contributed by atoms with E-state index >= 15 is 0 Å². The molecule has 0 saturated heterocycles. The first kappa shape index (κ1) is 14.0. The average molecular weight is 321 g/mol. The van der Waals surface area contributed by atoms with Crippen LogP contribution >= 0.6 is 11.3 Å². The molecule has 0 fully saturated rings. The van der Waals surface area contributed by atoms with Gasteiger partial charge >= 0.3 is 0 Å². The van der Waals surface area contributed by atoms with Crippen molar-refractivity contribution < 1.29 is 4.42 Å². The smallest absolute Gasteiger partial charge is 0.138 e. The van der Waals surface area contributed by atoms with Gasteiger partial charge in [-0.15, -0.1) is 11.3 Å². The van der Waals surface area contributed by atoms with Gasteiger partial charge in [0.2, 0.25) is 0 Å². The number of thiophene rings is 1. The fraction of sp³-hybridized carbons (Fsp3) is 0.111. The van der Waals surface area contributed by atoms with Crippen LogP contribution in [0.4, 0.5) is 5.82 Å². The van der Waals surface area contributed by atoms with Crippen LogP contribution in [0.25, 0.3) is 20.7 Å². The molecule has 0 spiro atoms. The lowest BCUT2D eigenvalue weighted by atomic mass is 10.2. The first-order chi connectivity index (χ1) is 11.3. The second-order valence-corrected chi connectivity index (χ2v) is 6.28. The largest absolute Gasteiger partial charge is 0.467 e. The van der Waals surface area contributed by atoms with E-state index in [2.05, 4.69) is 33.5 Å². The number of nitrogens with zero attached hydrogens (tertiary/aromatic N) is 2. The molecule has 0 amide bonds. The molecule has 5 heteroatoms. The molecular weight excluding hydrogens is 306 g/mol. The number of rotatable bonds is 4. The molecule has 0 radical (unpaired) electrons. The van der Waals surface area contributed by atoms with Crippen molar-refractivity contribution >= 4 is 27.4 Å². The van der Waals surface area contributed by atoms with E-state index in [1.807, 2.05) is 37.3 Å². The topological polar surface area (TPSA) is 51.0 Å². The highest BCUT2D eigenvalue weighted by Crippen LogP contribution is 2.35. The van der Waals surface area contributed by atoms with E-state index < -0.39 is 0 Å². The molecule has 0 atom stereocenters. The Morgan fingerprint density at radius 1 is 1.09 bits per heavy atom. The van der Waals surface area contributed by atoms with Crippen molar-refractivity contribution in [1.82, 2.24) is 9.97 Å². The predicted octanol–water partition coefficient (Wildman–Crippen LogP) is 4.87. The van der Waals surface area contributed by atoms with Crippen LogP contribution in [0.15, 0.2) is 59.2 Å². The van der Waals surface area contributed by atoms with Crippen molar-refractivity contribution in [1.29, 1.82) is 0 Å². The molecule has 1 N–H and O–H groups in total. The zero-order valence-corrected chi connectivity index (χ0v) is 13.4. The number of fused-ring (bicyclic) bond motifs is 1. The Labute approximate surface area is 137 Å². The Morgan fingerprint density at radius 3 is 2.74 bits per heavy atom. The number of aromatic nitrogens is 2. The molecule has 3 heterocycles. The van der Waals surface area contributed by atoms with Crippen LogP contribution in [0, 0.1) is 6.92 Å². The molecule has 3 aromatic heterocycles. The normalized spacial score (nSPS) is 11.0. The molecule has 0 unspecified atom stereocenters. The van der Waals surface area contributed by atoms with Crippen LogP contribution in [0.1, 0.15) is 11.6 Å². The van der Waals surface area contributed by atoms with Gasteiger partial charge in [-0.3, -0.25) is 0 Å². The molecule has 0 aliphatic rings. The summed E-state index contributed by atoms with van der Waals surface area (Å²) >= 11 is 1.69. The van der Waals surface area contributed by atoms with Gasteiger partial charge in [-0.2, -0.15) is 0 Å². The van der Waals surface area contributed by atoms with Crippen molar-refractivity contribution in [2.45, 2.75) is 13.5 Å². The molecule has 23 heavy (non-hydrogen) atoms. The summed E-state index contributed by atoms with van der Waals surface area (Å²) in [6.07, 6.45) is 1.68. The Kier molecular flexibility index (Phi) is 3.55. The van der Waals surface area contributed by atoms with Gasteiger partial charge in [-0.05, 0) is 30.7 Å². The van der Waals surface area contributed by atoms with Crippen LogP contribution in [0.2, 0.25) is 0 Å². The van der Waals surface area contributed by atoms with Gasteiger partial charge in [0.1, 0.15) is 22.2 Å². The van der Waals surface area contributed by atoms with E-state index in [1.54, 1.807) is 17.6 Å². The van der Waals surface area contributed by atoms with Crippen molar-refractivity contribution in [2.24, 2.45) is 0 Å². The summed E-state index contributed by atoms with van der Waals surface area (Å²) in [4.78, 5) is 11.3. The fourth-order valence-electron chi connectivity index (χ4n) is 2.49. The van der Waals surface area contributed by atoms with E-state index in [1.165, 1.54) is 10.4 Å². The summed E-state index contributed by atoms with van der Waals surface area (Å²) in [5.41, 5.74) is 1.20. The summed E-state index contributed by atoms with van der Waals surface area (Å²) < 4.78 is 5.37. The van der Waals surface area contributed by atoms with Crippen LogP contribution in [-0.4, -0.2) is 9.97 Å². The number of hydrogen-bond acceptors (Lipinski definition) is 5. The summed E-state index contributed by atoms with van der Waals surface area (Å²) in [5, 5.41) is 4.40. The standard InChI is InChI=1S/C18H15N3OS/c1-12-20-17(19-11-14-8-5-9-22-14)15-10-16(23-18(15)21-12)13-6-3-2-4-7-13/h2-10H,11H2,1H3,(H,19,20,21). The number of hydrogen-bond donors (Lipinski definition) is 1. The zero-order valence-electron chi connectivity index (χ0n) is 12.6. The van der Waals surface area contributed by atoms with Crippen LogP contribution in [0.3, 0.4) is 0 Å². The second kappa shape index (κ2) is 5.85. The highest BCUT2D eigenvalue weighted by Gasteiger charge is 2.11. The number of furan rings is 1. The molecule has 0 aliphatic heterocycles. The Morgan fingerprint density at radius 2 is 1.96 bits per heavy atom. The van der Waals surface area contributed by atoms with Crippen LogP contribution in [-0.2, 0) is 6.54 Å². The van der Waals surface area contributed by atoms with Crippen molar-refractivity contribution in [2.75, 3.05) is 5.32 Å². The van der Waals surface area contributed by atoms with Gasteiger partial charge in [0, 0.05) is 4.88 Å². The van der Waals surface area contributed by atoms with Crippen molar-refractivity contribution in [3.05, 3.63) is 66.4 Å². The molecule has 0 aliphatic carbocycles. The average Bonchev–Trinajstić information content (AvgIpc) is 3.22. The number of aryl methyl sites for hydroxylation is 1. The first-order valence-corrected chi connectivity index (χ1v) is 8.21. The molecule has 1 aromatic carbocycles. The van der Waals surface area contributed by atoms with Crippen molar-refractivity contribution in [3.63, 3.8) is 0 Å². The summed E-state index contributed by atoms with van der Waals surface area (Å²) in [6, 6.07) is 16.3. The van der Waals surface area contributed by atoms with Gasteiger partial charge in [0.25, 0.3) is 0 Å². The van der Waals surface area contributed by atoms with Gasteiger partial charge < -0.3 is 9.73 Å². The maximum Gasteiger partial charge on any atom is 0.138 e. The Bertz CT molecular complexity index is 930. The van der Waals surface area contributed by atoms with Gasteiger partial charge in [0.05, 0.1) is 18.2 Å². The second-order valence-electron chi connectivity index (χ2n) is 5.25. The molecule has 4 rings (SSSR count). The van der Waals surface area contributed by atoms with Crippen LogP contribution < -0.4 is 5.32 Å². The summed E-state index contributed by atoms with van der Waals surface area (Å²) in [7, 11) is 0. The zero-order chi connectivity index (χ0) is 15.6. The lowest BCUT2D eigenvalue weighted by molar-refractivity contribution is 0.518. The summed E-state index contributed by atoms with van der Waals surface area (Å²) in [6.45, 7) is 2.52. The predicted molar refractivity (Wildman–Crippen MR) is 93.6 cm³/mol. The maximum absolute atomic E-state index is 5.37. The highest BCUT2D eigenvalue weighted by atomic mass is 32.1. The molecule has 0 bridgehead atoms. The van der Waals surface area contributed by atoms with Gasteiger partial charge in [-0.25, -0.2) is 9.97 Å². The van der Waals surface area contributed by atoms with E-state index in [-0.39, 0.29) is 0 Å². The lowest BCUT2D eigenvalue weighted by Gasteiger charge is -2.05. The Balaban J connectivity index is 1.73. The van der Waals surface area contributed by atoms with Crippen LogP contribution in [0.5, 0.6) is 0 Å². The van der Waals surface area contributed by atoms with E-state index in [4.69, 9.17) is 4.42 Å². The molecule has 0 saturated carbocycles. The fourth-order valence-corrected chi connectivity index (χ4v) is 3.57. The highest BCUT2D eigenvalue weighted by molar-refractivity contribution is 7.21. The third-order valence-corrected chi connectivity index (χ3v) is 4.65. The summed E-state index contributed by atoms with van der Waals surface area (Å²) in [5.74, 6) is 2.50. The number of benzene rings is 1. The number of anilines is 1. The first-order valence-electron chi connectivity index (χ1n) is 7.39. The quantitative estimate of drug-likeness (QED) is 0.582. The monoisotopic (exact) mass is 321 g/mol. The Hall–Kier alpha value is -2.66. The number of nitrogens with one attached hydrogen (secondary N) is 1. The van der Waals surface area contributed by atoms with E-state index in [0.717, 1.165) is 27.6 Å². The molecular formula is C18H15N3OS. The third kappa shape index (κ3) is 2.83. The molecule has 114 valence electrons. The maximum atomic E-state index is 5.37. The molecule has 4 aromatic rings. The minimum absolute atomic E-state index is 0.606. The van der Waals surface area contributed by atoms with E-state index in [9.17, 15) is 0 Å². The SMILES string of the molecule is Cc1nc(NCc2ccco2)c2cc(-c3ccccc3)sc2n1. The van der Waals surface area contributed by atoms with Gasteiger partial charge in [0.15, 0.2) is 0 Å². The van der Waals surface area contributed by atoms with E-state index in [0.29, 0.717) is 6.54 Å². The minimum Gasteiger partial charge on any atom is -0.467 e. The van der Waals surface area contributed by atoms with Gasteiger partial charge in [-0.1, -0.05) is 30.3 Å². The third-order valence-electron chi connectivity index (χ3n) is 3.57.